The number of hydrogen-bond donors (Lipinski definition) is 3. The minimum atomic E-state index is -0.397. The van der Waals surface area contributed by atoms with Crippen molar-refractivity contribution in [1.29, 1.82) is 0 Å². The Bertz CT molecular complexity index is 803. The van der Waals surface area contributed by atoms with Gasteiger partial charge in [0.25, 0.3) is 0 Å². The van der Waals surface area contributed by atoms with Gasteiger partial charge in [0.1, 0.15) is 0 Å². The zero-order valence-electron chi connectivity index (χ0n) is 16.1. The van der Waals surface area contributed by atoms with E-state index in [2.05, 4.69) is 26.5 Å². The van der Waals surface area contributed by atoms with Crippen molar-refractivity contribution in [2.75, 3.05) is 54.8 Å². The summed E-state index contributed by atoms with van der Waals surface area (Å²) < 4.78 is 0. The molecule has 0 saturated carbocycles. The Labute approximate surface area is 166 Å². The summed E-state index contributed by atoms with van der Waals surface area (Å²) in [7, 11) is 0. The monoisotopic (exact) mass is 380 g/mol. The number of piperazine rings is 1. The van der Waals surface area contributed by atoms with E-state index in [1.54, 1.807) is 0 Å². The summed E-state index contributed by atoms with van der Waals surface area (Å²) in [5.41, 5.74) is 4.48. The fourth-order valence-corrected chi connectivity index (χ4v) is 4.03. The quantitative estimate of drug-likeness (QED) is 0.717. The van der Waals surface area contributed by atoms with Crippen LogP contribution < -0.4 is 15.5 Å². The maximum atomic E-state index is 11.6. The first kappa shape index (κ1) is 18.8. The molecule has 3 N–H and O–H groups in total. The Hall–Kier alpha value is -2.57. The molecule has 6 nitrogen and oxygen atoms in total. The van der Waals surface area contributed by atoms with Crippen molar-refractivity contribution in [3.63, 3.8) is 0 Å². The van der Waals surface area contributed by atoms with Crippen LogP contribution in [0.15, 0.2) is 48.5 Å². The van der Waals surface area contributed by atoms with Crippen LogP contribution in [-0.4, -0.2) is 61.3 Å². The molecular formula is C22H28N4O2. The van der Waals surface area contributed by atoms with E-state index in [9.17, 15) is 9.90 Å². The molecule has 148 valence electrons. The van der Waals surface area contributed by atoms with Crippen LogP contribution >= 0.6 is 0 Å². The highest BCUT2D eigenvalue weighted by molar-refractivity contribution is 5.95. The number of hydrogen-bond acceptors (Lipinski definition) is 5. The van der Waals surface area contributed by atoms with Crippen molar-refractivity contribution in [3.05, 3.63) is 54.1 Å². The van der Waals surface area contributed by atoms with E-state index in [-0.39, 0.29) is 5.91 Å². The Morgan fingerprint density at radius 1 is 1.00 bits per heavy atom. The first-order valence-corrected chi connectivity index (χ1v) is 10.0. The van der Waals surface area contributed by atoms with Gasteiger partial charge in [-0.1, -0.05) is 24.3 Å². The van der Waals surface area contributed by atoms with E-state index < -0.39 is 6.10 Å². The second-order valence-electron chi connectivity index (χ2n) is 7.54. The molecule has 0 radical (unpaired) electrons. The number of nitrogens with one attached hydrogen (secondary N) is 2. The van der Waals surface area contributed by atoms with Gasteiger partial charge in [-0.3, -0.25) is 9.69 Å². The van der Waals surface area contributed by atoms with Gasteiger partial charge < -0.3 is 20.6 Å². The Morgan fingerprint density at radius 2 is 1.79 bits per heavy atom. The molecule has 2 aliphatic heterocycles. The number of aliphatic hydroxyl groups excluding tert-OH is 1. The van der Waals surface area contributed by atoms with Crippen LogP contribution in [0.1, 0.15) is 12.0 Å². The van der Waals surface area contributed by atoms with E-state index in [4.69, 9.17) is 0 Å². The Morgan fingerprint density at radius 3 is 2.57 bits per heavy atom. The maximum absolute atomic E-state index is 11.6. The number of fused-ring (bicyclic) bond motifs is 1. The van der Waals surface area contributed by atoms with Crippen LogP contribution in [0.2, 0.25) is 0 Å². The van der Waals surface area contributed by atoms with Crippen molar-refractivity contribution in [3.8, 4) is 0 Å². The molecule has 4 rings (SSSR count). The molecule has 28 heavy (non-hydrogen) atoms. The highest BCUT2D eigenvalue weighted by atomic mass is 16.3. The summed E-state index contributed by atoms with van der Waals surface area (Å²) in [5, 5.41) is 16.6. The molecule has 2 aromatic rings. The second kappa shape index (κ2) is 8.63. The van der Waals surface area contributed by atoms with Crippen LogP contribution in [0.25, 0.3) is 0 Å². The highest BCUT2D eigenvalue weighted by Crippen LogP contribution is 2.32. The molecule has 1 saturated heterocycles. The van der Waals surface area contributed by atoms with Crippen molar-refractivity contribution in [2.45, 2.75) is 18.9 Å². The summed E-state index contributed by atoms with van der Waals surface area (Å²) in [6, 6.07) is 16.1. The van der Waals surface area contributed by atoms with Gasteiger partial charge in [0.15, 0.2) is 0 Å². The summed E-state index contributed by atoms with van der Waals surface area (Å²) in [6.07, 6.45) is 0.970. The van der Waals surface area contributed by atoms with Crippen molar-refractivity contribution < 1.29 is 9.90 Å². The molecule has 0 aromatic heterocycles. The standard InChI is InChI=1S/C22H28N4O2/c27-18(15-23-17-5-2-1-3-6-17)16-25-11-13-26(14-12-25)21-8-4-7-20-19(21)9-10-22(28)24-20/h1-8,18,23,27H,9-16H2,(H,24,28)/t18-/m0/s1. The number of carbonyl (C=O) groups excluding carboxylic acids is 1. The third-order valence-electron chi connectivity index (χ3n) is 5.52. The van der Waals surface area contributed by atoms with E-state index in [1.165, 1.54) is 11.3 Å². The zero-order chi connectivity index (χ0) is 19.3. The number of aliphatic hydroxyl groups is 1. The maximum Gasteiger partial charge on any atom is 0.224 e. The van der Waals surface area contributed by atoms with Crippen LogP contribution in [0.3, 0.4) is 0 Å². The van der Waals surface area contributed by atoms with E-state index in [0.717, 1.165) is 44.0 Å². The summed E-state index contributed by atoms with van der Waals surface area (Å²) in [6.45, 7) is 4.95. The minimum absolute atomic E-state index is 0.104. The van der Waals surface area contributed by atoms with Gasteiger partial charge in [-0.2, -0.15) is 0 Å². The molecule has 1 atom stereocenters. The molecule has 0 bridgehead atoms. The third kappa shape index (κ3) is 4.46. The molecule has 2 heterocycles. The normalized spacial score (nSPS) is 18.3. The van der Waals surface area contributed by atoms with Crippen LogP contribution in [-0.2, 0) is 11.2 Å². The molecule has 0 aliphatic carbocycles. The van der Waals surface area contributed by atoms with Gasteiger partial charge in [-0.15, -0.1) is 0 Å². The van der Waals surface area contributed by atoms with Crippen molar-refractivity contribution >= 4 is 23.0 Å². The molecular weight excluding hydrogens is 352 g/mol. The van der Waals surface area contributed by atoms with Gasteiger partial charge in [0.05, 0.1) is 6.10 Å². The predicted octanol–water partition coefficient (Wildman–Crippen LogP) is 2.17. The Balaban J connectivity index is 1.28. The molecule has 1 fully saturated rings. The molecule has 2 aliphatic rings. The lowest BCUT2D eigenvalue weighted by Gasteiger charge is -2.38. The lowest BCUT2D eigenvalue weighted by atomic mass is 10.00. The zero-order valence-corrected chi connectivity index (χ0v) is 16.1. The summed E-state index contributed by atoms with van der Waals surface area (Å²) in [4.78, 5) is 16.4. The lowest BCUT2D eigenvalue weighted by molar-refractivity contribution is -0.116. The summed E-state index contributed by atoms with van der Waals surface area (Å²) >= 11 is 0. The molecule has 0 unspecified atom stereocenters. The van der Waals surface area contributed by atoms with Gasteiger partial charge in [-0.25, -0.2) is 0 Å². The number of rotatable bonds is 6. The second-order valence-corrected chi connectivity index (χ2v) is 7.54. The van der Waals surface area contributed by atoms with Crippen molar-refractivity contribution in [1.82, 2.24) is 4.90 Å². The van der Waals surface area contributed by atoms with Gasteiger partial charge in [0.2, 0.25) is 5.91 Å². The van der Waals surface area contributed by atoms with Crippen LogP contribution in [0, 0.1) is 0 Å². The predicted molar refractivity (Wildman–Crippen MR) is 113 cm³/mol. The molecule has 6 heteroatoms. The first-order valence-electron chi connectivity index (χ1n) is 10.0. The number of benzene rings is 2. The topological polar surface area (TPSA) is 67.8 Å². The van der Waals surface area contributed by atoms with Crippen molar-refractivity contribution in [2.24, 2.45) is 0 Å². The smallest absolute Gasteiger partial charge is 0.224 e. The van der Waals surface area contributed by atoms with Gasteiger partial charge >= 0.3 is 0 Å². The fourth-order valence-electron chi connectivity index (χ4n) is 4.03. The number of nitrogens with zero attached hydrogens (tertiary/aromatic N) is 2. The number of para-hydroxylation sites is 1. The average Bonchev–Trinajstić information content (AvgIpc) is 2.73. The molecule has 0 spiro atoms. The first-order chi connectivity index (χ1) is 13.7. The average molecular weight is 380 g/mol. The highest BCUT2D eigenvalue weighted by Gasteiger charge is 2.24. The molecule has 2 aromatic carbocycles. The SMILES string of the molecule is O=C1CCc2c(cccc2N2CCN(C[C@@H](O)CNc3ccccc3)CC2)N1. The van der Waals surface area contributed by atoms with E-state index in [0.29, 0.717) is 19.5 Å². The fraction of sp³-hybridized carbons (Fsp3) is 0.409. The number of carbonyl (C=O) groups is 1. The molecule has 1 amide bonds. The van der Waals surface area contributed by atoms with Crippen LogP contribution in [0.4, 0.5) is 17.1 Å². The van der Waals surface area contributed by atoms with Gasteiger partial charge in [-0.05, 0) is 36.2 Å². The largest absolute Gasteiger partial charge is 0.390 e. The van der Waals surface area contributed by atoms with E-state index in [1.807, 2.05) is 42.5 Å². The van der Waals surface area contributed by atoms with E-state index >= 15 is 0 Å². The Kier molecular flexibility index (Phi) is 5.78. The third-order valence-corrected chi connectivity index (χ3v) is 5.52. The number of anilines is 3. The minimum Gasteiger partial charge on any atom is -0.390 e. The summed E-state index contributed by atoms with van der Waals surface area (Å²) in [5.74, 6) is 0.104. The number of amides is 1. The van der Waals surface area contributed by atoms with Gasteiger partial charge in [0, 0.05) is 62.8 Å². The lowest BCUT2D eigenvalue weighted by Crippen LogP contribution is -2.49. The number of β-amino-alcohol motifs (C(OH)–C–C–N with tert-alkyl or cyclic N) is 1. The van der Waals surface area contributed by atoms with Crippen LogP contribution in [0.5, 0.6) is 0 Å².